The first-order valence-corrected chi connectivity index (χ1v) is 5.21. The summed E-state index contributed by atoms with van der Waals surface area (Å²) in [4.78, 5) is 8.13. The van der Waals surface area contributed by atoms with E-state index < -0.39 is 6.10 Å². The Kier molecular flexibility index (Phi) is 2.97. The van der Waals surface area contributed by atoms with Crippen LogP contribution in [0.1, 0.15) is 28.6 Å². The molecule has 0 spiro atoms. The molecule has 0 radical (unpaired) electrons. The Morgan fingerprint density at radius 2 is 1.75 bits per heavy atom. The van der Waals surface area contributed by atoms with E-state index >= 15 is 0 Å². The molecule has 0 aliphatic carbocycles. The first-order chi connectivity index (χ1) is 7.70. The minimum atomic E-state index is -0.749. The summed E-state index contributed by atoms with van der Waals surface area (Å²) < 4.78 is 0. The van der Waals surface area contributed by atoms with Gasteiger partial charge >= 0.3 is 0 Å². The lowest BCUT2D eigenvalue weighted by atomic mass is 9.99. The quantitative estimate of drug-likeness (QED) is 0.833. The van der Waals surface area contributed by atoms with E-state index in [-0.39, 0.29) is 0 Å². The van der Waals surface area contributed by atoms with Crippen molar-refractivity contribution < 1.29 is 5.11 Å². The molecular formula is C13H14N2O. The van der Waals surface area contributed by atoms with Crippen LogP contribution < -0.4 is 0 Å². The highest BCUT2D eigenvalue weighted by Gasteiger charge is 2.15. The third-order valence-corrected chi connectivity index (χ3v) is 2.77. The molecule has 3 nitrogen and oxygen atoms in total. The third-order valence-electron chi connectivity index (χ3n) is 2.77. The summed E-state index contributed by atoms with van der Waals surface area (Å²) in [5, 5.41) is 10.2. The minimum absolute atomic E-state index is 0.441. The zero-order valence-corrected chi connectivity index (χ0v) is 9.38. The average molecular weight is 214 g/mol. The summed E-state index contributed by atoms with van der Waals surface area (Å²) in [5.74, 6) is 0.441. The zero-order valence-electron chi connectivity index (χ0n) is 9.38. The van der Waals surface area contributed by atoms with Crippen LogP contribution in [0.2, 0.25) is 0 Å². The summed E-state index contributed by atoms with van der Waals surface area (Å²) in [6.45, 7) is 4.02. The van der Waals surface area contributed by atoms with Crippen molar-refractivity contribution in [2.24, 2.45) is 0 Å². The predicted molar refractivity (Wildman–Crippen MR) is 62.0 cm³/mol. The highest BCUT2D eigenvalue weighted by Crippen LogP contribution is 2.23. The van der Waals surface area contributed by atoms with E-state index in [0.29, 0.717) is 5.82 Å². The molecule has 3 heteroatoms. The van der Waals surface area contributed by atoms with Gasteiger partial charge in [0.15, 0.2) is 5.82 Å². The molecule has 0 saturated carbocycles. The smallest absolute Gasteiger partial charge is 0.161 e. The molecule has 1 heterocycles. The van der Waals surface area contributed by atoms with Crippen LogP contribution in [-0.2, 0) is 0 Å². The van der Waals surface area contributed by atoms with Gasteiger partial charge in [-0.3, -0.25) is 0 Å². The van der Waals surface area contributed by atoms with Gasteiger partial charge in [0.05, 0.1) is 0 Å². The summed E-state index contributed by atoms with van der Waals surface area (Å²) >= 11 is 0. The first-order valence-electron chi connectivity index (χ1n) is 5.21. The molecule has 0 aliphatic heterocycles. The van der Waals surface area contributed by atoms with Crippen LogP contribution in [0.3, 0.4) is 0 Å². The van der Waals surface area contributed by atoms with Gasteiger partial charge in [-0.1, -0.05) is 18.2 Å². The first kappa shape index (κ1) is 10.8. The Labute approximate surface area is 94.8 Å². The maximum atomic E-state index is 10.2. The van der Waals surface area contributed by atoms with Crippen molar-refractivity contribution in [3.63, 3.8) is 0 Å². The summed E-state index contributed by atoms with van der Waals surface area (Å²) in [7, 11) is 0. The molecule has 0 saturated heterocycles. The van der Waals surface area contributed by atoms with Crippen LogP contribution in [0.25, 0.3) is 0 Å². The highest BCUT2D eigenvalue weighted by atomic mass is 16.3. The molecule has 0 fully saturated rings. The number of hydrogen-bond acceptors (Lipinski definition) is 3. The number of aliphatic hydroxyl groups is 1. The van der Waals surface area contributed by atoms with Gasteiger partial charge in [0, 0.05) is 12.4 Å². The van der Waals surface area contributed by atoms with Crippen LogP contribution in [0, 0.1) is 13.8 Å². The van der Waals surface area contributed by atoms with E-state index in [9.17, 15) is 5.11 Å². The van der Waals surface area contributed by atoms with Gasteiger partial charge in [-0.05, 0) is 36.6 Å². The largest absolute Gasteiger partial charge is 0.380 e. The summed E-state index contributed by atoms with van der Waals surface area (Å²) in [5.41, 5.74) is 3.11. The second kappa shape index (κ2) is 4.41. The molecule has 1 aromatic carbocycles. The van der Waals surface area contributed by atoms with E-state index in [2.05, 4.69) is 9.97 Å². The number of hydrogen-bond donors (Lipinski definition) is 1. The fourth-order valence-electron chi connectivity index (χ4n) is 1.66. The maximum Gasteiger partial charge on any atom is 0.161 e. The summed E-state index contributed by atoms with van der Waals surface area (Å²) in [6, 6.07) is 7.60. The normalized spacial score (nSPS) is 12.4. The standard InChI is InChI=1S/C13H14N2O/c1-9-5-3-6-11(10(9)2)12(16)13-14-7-4-8-15-13/h3-8,12,16H,1-2H3. The number of nitrogens with zero attached hydrogens (tertiary/aromatic N) is 2. The fourth-order valence-corrected chi connectivity index (χ4v) is 1.66. The minimum Gasteiger partial charge on any atom is -0.380 e. The average Bonchev–Trinajstić information content (AvgIpc) is 2.33. The molecule has 1 aromatic heterocycles. The van der Waals surface area contributed by atoms with E-state index in [1.54, 1.807) is 18.5 Å². The number of rotatable bonds is 2. The van der Waals surface area contributed by atoms with Crippen molar-refractivity contribution in [1.82, 2.24) is 9.97 Å². The third kappa shape index (κ3) is 1.95. The Hall–Kier alpha value is -1.74. The second-order valence-corrected chi connectivity index (χ2v) is 3.80. The number of benzene rings is 1. The second-order valence-electron chi connectivity index (χ2n) is 3.80. The van der Waals surface area contributed by atoms with Crippen LogP contribution >= 0.6 is 0 Å². The van der Waals surface area contributed by atoms with Gasteiger partial charge in [0.25, 0.3) is 0 Å². The van der Waals surface area contributed by atoms with Gasteiger partial charge in [-0.2, -0.15) is 0 Å². The molecule has 16 heavy (non-hydrogen) atoms. The Morgan fingerprint density at radius 1 is 1.06 bits per heavy atom. The molecule has 0 aliphatic rings. The summed E-state index contributed by atoms with van der Waals surface area (Å²) in [6.07, 6.45) is 2.52. The Balaban J connectivity index is 2.42. The molecule has 0 amide bonds. The Morgan fingerprint density at radius 3 is 2.44 bits per heavy atom. The molecule has 82 valence electrons. The van der Waals surface area contributed by atoms with E-state index in [1.165, 1.54) is 0 Å². The van der Waals surface area contributed by atoms with Crippen molar-refractivity contribution in [3.05, 3.63) is 59.2 Å². The van der Waals surface area contributed by atoms with Gasteiger partial charge in [-0.25, -0.2) is 9.97 Å². The lowest BCUT2D eigenvalue weighted by molar-refractivity contribution is 0.209. The van der Waals surface area contributed by atoms with Crippen molar-refractivity contribution in [2.45, 2.75) is 20.0 Å². The van der Waals surface area contributed by atoms with E-state index in [1.807, 2.05) is 32.0 Å². The molecule has 0 bridgehead atoms. The lowest BCUT2D eigenvalue weighted by Crippen LogP contribution is -2.06. The monoisotopic (exact) mass is 214 g/mol. The van der Waals surface area contributed by atoms with Gasteiger partial charge in [-0.15, -0.1) is 0 Å². The van der Waals surface area contributed by atoms with Crippen LogP contribution in [-0.4, -0.2) is 15.1 Å². The Bertz CT molecular complexity index is 483. The van der Waals surface area contributed by atoms with E-state index in [0.717, 1.165) is 16.7 Å². The number of aromatic nitrogens is 2. The zero-order chi connectivity index (χ0) is 11.5. The predicted octanol–water partition coefficient (Wildman–Crippen LogP) is 2.18. The molecule has 1 N–H and O–H groups in total. The molecule has 1 unspecified atom stereocenters. The SMILES string of the molecule is Cc1cccc(C(O)c2ncccn2)c1C. The molecule has 1 atom stereocenters. The van der Waals surface area contributed by atoms with Crippen LogP contribution in [0.5, 0.6) is 0 Å². The highest BCUT2D eigenvalue weighted by molar-refractivity contribution is 5.36. The van der Waals surface area contributed by atoms with Gasteiger partial charge < -0.3 is 5.11 Å². The van der Waals surface area contributed by atoms with Gasteiger partial charge in [0.2, 0.25) is 0 Å². The molecule has 2 aromatic rings. The van der Waals surface area contributed by atoms with Gasteiger partial charge in [0.1, 0.15) is 6.10 Å². The lowest BCUT2D eigenvalue weighted by Gasteiger charge is -2.13. The molecular weight excluding hydrogens is 200 g/mol. The van der Waals surface area contributed by atoms with Crippen LogP contribution in [0.4, 0.5) is 0 Å². The van der Waals surface area contributed by atoms with Crippen LogP contribution in [0.15, 0.2) is 36.7 Å². The molecule has 2 rings (SSSR count). The van der Waals surface area contributed by atoms with Crippen molar-refractivity contribution in [1.29, 1.82) is 0 Å². The topological polar surface area (TPSA) is 46.0 Å². The fraction of sp³-hybridized carbons (Fsp3) is 0.231. The van der Waals surface area contributed by atoms with Crippen molar-refractivity contribution in [2.75, 3.05) is 0 Å². The number of aryl methyl sites for hydroxylation is 1. The number of aliphatic hydroxyl groups excluding tert-OH is 1. The van der Waals surface area contributed by atoms with E-state index in [4.69, 9.17) is 0 Å². The van der Waals surface area contributed by atoms with Crippen molar-refractivity contribution >= 4 is 0 Å². The maximum absolute atomic E-state index is 10.2. The van der Waals surface area contributed by atoms with Crippen molar-refractivity contribution in [3.8, 4) is 0 Å².